The third-order valence-corrected chi connectivity index (χ3v) is 5.06. The zero-order valence-corrected chi connectivity index (χ0v) is 16.5. The quantitative estimate of drug-likeness (QED) is 0.538. The summed E-state index contributed by atoms with van der Waals surface area (Å²) in [5.41, 5.74) is 2.91. The van der Waals surface area contributed by atoms with Crippen LogP contribution in [0.2, 0.25) is 0 Å². The first-order valence-electron chi connectivity index (χ1n) is 7.41. The molecule has 1 amide bonds. The highest BCUT2D eigenvalue weighted by Crippen LogP contribution is 2.18. The molecule has 0 bridgehead atoms. The summed E-state index contributed by atoms with van der Waals surface area (Å²) in [4.78, 5) is 12.5. The van der Waals surface area contributed by atoms with Gasteiger partial charge in [-0.05, 0) is 58.0 Å². The van der Waals surface area contributed by atoms with E-state index in [0.29, 0.717) is 18.7 Å². The van der Waals surface area contributed by atoms with Gasteiger partial charge in [0.25, 0.3) is 5.91 Å². The van der Waals surface area contributed by atoms with Crippen molar-refractivity contribution >= 4 is 44.4 Å². The lowest BCUT2D eigenvalue weighted by atomic mass is 10.1. The van der Waals surface area contributed by atoms with Gasteiger partial charge < -0.3 is 5.32 Å². The van der Waals surface area contributed by atoms with Gasteiger partial charge in [-0.2, -0.15) is 5.10 Å². The second-order valence-electron chi connectivity index (χ2n) is 5.28. The lowest BCUT2D eigenvalue weighted by Crippen LogP contribution is -2.24. The van der Waals surface area contributed by atoms with Crippen molar-refractivity contribution in [3.05, 3.63) is 85.7 Å². The van der Waals surface area contributed by atoms with Crippen molar-refractivity contribution in [1.29, 1.82) is 0 Å². The molecule has 6 heteroatoms. The van der Waals surface area contributed by atoms with E-state index in [1.807, 2.05) is 53.3 Å². The largest absolute Gasteiger partial charge is 0.348 e. The molecule has 3 aromatic rings. The Bertz CT molecular complexity index is 849. The highest BCUT2D eigenvalue weighted by molar-refractivity contribution is 14.1. The van der Waals surface area contributed by atoms with Crippen LogP contribution >= 0.6 is 38.5 Å². The van der Waals surface area contributed by atoms with Gasteiger partial charge >= 0.3 is 0 Å². The number of carbonyl (C=O) groups is 1. The maximum atomic E-state index is 12.5. The SMILES string of the molecule is O=C(NCc1ccccc1Cn1cccn1)c1cc(Br)ccc1I. The summed E-state index contributed by atoms with van der Waals surface area (Å²) in [6.45, 7) is 1.17. The molecule has 0 unspecified atom stereocenters. The molecule has 0 aliphatic rings. The van der Waals surface area contributed by atoms with Crippen LogP contribution in [0, 0.1) is 3.57 Å². The molecule has 1 heterocycles. The Balaban J connectivity index is 1.72. The van der Waals surface area contributed by atoms with E-state index >= 15 is 0 Å². The lowest BCUT2D eigenvalue weighted by molar-refractivity contribution is 0.0950. The number of hydrogen-bond donors (Lipinski definition) is 1. The van der Waals surface area contributed by atoms with Gasteiger partial charge in [0.1, 0.15) is 0 Å². The predicted molar refractivity (Wildman–Crippen MR) is 106 cm³/mol. The van der Waals surface area contributed by atoms with Crippen LogP contribution in [0.1, 0.15) is 21.5 Å². The maximum absolute atomic E-state index is 12.5. The number of nitrogens with one attached hydrogen (secondary N) is 1. The molecule has 24 heavy (non-hydrogen) atoms. The highest BCUT2D eigenvalue weighted by Gasteiger charge is 2.11. The van der Waals surface area contributed by atoms with Gasteiger partial charge in [0, 0.05) is 27.0 Å². The van der Waals surface area contributed by atoms with Crippen LogP contribution in [0.4, 0.5) is 0 Å². The van der Waals surface area contributed by atoms with Gasteiger partial charge in [0.15, 0.2) is 0 Å². The minimum absolute atomic E-state index is 0.0745. The van der Waals surface area contributed by atoms with Gasteiger partial charge in [-0.3, -0.25) is 9.48 Å². The topological polar surface area (TPSA) is 46.9 Å². The first-order valence-corrected chi connectivity index (χ1v) is 9.28. The first kappa shape index (κ1) is 17.2. The first-order chi connectivity index (χ1) is 11.6. The molecule has 0 fully saturated rings. The summed E-state index contributed by atoms with van der Waals surface area (Å²) >= 11 is 5.59. The van der Waals surface area contributed by atoms with E-state index in [1.54, 1.807) is 6.20 Å². The summed E-state index contributed by atoms with van der Waals surface area (Å²) in [5.74, 6) is -0.0745. The fraction of sp³-hybridized carbons (Fsp3) is 0.111. The van der Waals surface area contributed by atoms with E-state index < -0.39 is 0 Å². The number of rotatable bonds is 5. The number of benzene rings is 2. The van der Waals surface area contributed by atoms with Crippen molar-refractivity contribution in [3.8, 4) is 0 Å². The average Bonchev–Trinajstić information content (AvgIpc) is 3.09. The highest BCUT2D eigenvalue weighted by atomic mass is 127. The molecule has 0 spiro atoms. The average molecular weight is 496 g/mol. The molecule has 122 valence electrons. The Morgan fingerprint density at radius 3 is 2.71 bits per heavy atom. The van der Waals surface area contributed by atoms with Crippen LogP contribution in [0.25, 0.3) is 0 Å². The molecule has 0 radical (unpaired) electrons. The molecule has 0 saturated heterocycles. The number of halogens is 2. The molecule has 1 aromatic heterocycles. The number of carbonyl (C=O) groups excluding carboxylic acids is 1. The Kier molecular flexibility index (Phi) is 5.68. The van der Waals surface area contributed by atoms with E-state index in [0.717, 1.165) is 19.2 Å². The Morgan fingerprint density at radius 2 is 1.96 bits per heavy atom. The molecular formula is C18H15BrIN3O. The standard InChI is InChI=1S/C18H15BrIN3O/c19-15-6-7-17(20)16(10-15)18(24)21-11-13-4-1-2-5-14(13)12-23-9-3-8-22-23/h1-10H,11-12H2,(H,21,24). The Hall–Kier alpha value is -1.67. The molecule has 1 N–H and O–H groups in total. The van der Waals surface area contributed by atoms with Gasteiger partial charge in [-0.25, -0.2) is 0 Å². The van der Waals surface area contributed by atoms with Gasteiger partial charge in [0.2, 0.25) is 0 Å². The van der Waals surface area contributed by atoms with Crippen LogP contribution in [-0.4, -0.2) is 15.7 Å². The molecule has 3 rings (SSSR count). The van der Waals surface area contributed by atoms with Crippen LogP contribution in [0.15, 0.2) is 65.4 Å². The van der Waals surface area contributed by atoms with Crippen molar-refractivity contribution in [2.75, 3.05) is 0 Å². The molecule has 0 aliphatic heterocycles. The van der Waals surface area contributed by atoms with E-state index in [9.17, 15) is 4.79 Å². The Morgan fingerprint density at radius 1 is 1.17 bits per heavy atom. The fourth-order valence-electron chi connectivity index (χ4n) is 2.39. The summed E-state index contributed by atoms with van der Waals surface area (Å²) in [6.07, 6.45) is 3.69. The fourth-order valence-corrected chi connectivity index (χ4v) is 3.34. The smallest absolute Gasteiger partial charge is 0.252 e. The number of nitrogens with zero attached hydrogens (tertiary/aromatic N) is 2. The molecule has 0 aliphatic carbocycles. The molecule has 0 atom stereocenters. The summed E-state index contributed by atoms with van der Waals surface area (Å²) in [7, 11) is 0. The van der Waals surface area contributed by atoms with Gasteiger partial charge in [-0.1, -0.05) is 40.2 Å². The number of aromatic nitrogens is 2. The maximum Gasteiger partial charge on any atom is 0.252 e. The van der Waals surface area contributed by atoms with Crippen molar-refractivity contribution in [1.82, 2.24) is 15.1 Å². The predicted octanol–water partition coefficient (Wildman–Crippen LogP) is 4.23. The third-order valence-electron chi connectivity index (χ3n) is 3.62. The summed E-state index contributed by atoms with van der Waals surface area (Å²) in [6, 6.07) is 15.7. The van der Waals surface area contributed by atoms with Crippen LogP contribution in [0.3, 0.4) is 0 Å². The van der Waals surface area contributed by atoms with Crippen molar-refractivity contribution in [2.45, 2.75) is 13.1 Å². The summed E-state index contributed by atoms with van der Waals surface area (Å²) < 4.78 is 3.70. The molecule has 0 saturated carbocycles. The molecular weight excluding hydrogens is 481 g/mol. The van der Waals surface area contributed by atoms with Crippen molar-refractivity contribution < 1.29 is 4.79 Å². The van der Waals surface area contributed by atoms with Crippen molar-refractivity contribution in [2.24, 2.45) is 0 Å². The van der Waals surface area contributed by atoms with Crippen LogP contribution in [0.5, 0.6) is 0 Å². The molecule has 2 aromatic carbocycles. The second-order valence-corrected chi connectivity index (χ2v) is 7.36. The second kappa shape index (κ2) is 7.94. The number of amides is 1. The Labute approximate surface area is 162 Å². The van der Waals surface area contributed by atoms with E-state index in [2.05, 4.69) is 55.0 Å². The zero-order chi connectivity index (χ0) is 16.9. The monoisotopic (exact) mass is 495 g/mol. The molecule has 4 nitrogen and oxygen atoms in total. The third kappa shape index (κ3) is 4.24. The van der Waals surface area contributed by atoms with Gasteiger partial charge in [-0.15, -0.1) is 0 Å². The van der Waals surface area contributed by atoms with Crippen molar-refractivity contribution in [3.63, 3.8) is 0 Å². The zero-order valence-electron chi connectivity index (χ0n) is 12.7. The van der Waals surface area contributed by atoms with E-state index in [-0.39, 0.29) is 5.91 Å². The van der Waals surface area contributed by atoms with Gasteiger partial charge in [0.05, 0.1) is 12.1 Å². The van der Waals surface area contributed by atoms with E-state index in [1.165, 1.54) is 0 Å². The van der Waals surface area contributed by atoms with Crippen LogP contribution in [-0.2, 0) is 13.1 Å². The summed E-state index contributed by atoms with van der Waals surface area (Å²) in [5, 5.41) is 7.25. The normalized spacial score (nSPS) is 10.6. The minimum atomic E-state index is -0.0745. The lowest BCUT2D eigenvalue weighted by Gasteiger charge is -2.12. The van der Waals surface area contributed by atoms with E-state index in [4.69, 9.17) is 0 Å². The minimum Gasteiger partial charge on any atom is -0.348 e. The number of hydrogen-bond acceptors (Lipinski definition) is 2. The van der Waals surface area contributed by atoms with Crippen LogP contribution < -0.4 is 5.32 Å².